The minimum absolute atomic E-state index is 0.171. The Hall–Kier alpha value is -2.05. The summed E-state index contributed by atoms with van der Waals surface area (Å²) in [5.41, 5.74) is -0.440. The van der Waals surface area contributed by atoms with E-state index in [0.29, 0.717) is 32.4 Å². The van der Waals surface area contributed by atoms with Crippen molar-refractivity contribution in [3.05, 3.63) is 35.4 Å². The van der Waals surface area contributed by atoms with Crippen LogP contribution in [0.5, 0.6) is 0 Å². The average molecular weight is 382 g/mol. The number of likely N-dealkylation sites (tertiary alicyclic amines) is 1. The van der Waals surface area contributed by atoms with E-state index in [1.807, 2.05) is 4.90 Å². The molecule has 1 saturated carbocycles. The highest BCUT2D eigenvalue weighted by atomic mass is 19.4. The molecule has 0 radical (unpaired) electrons. The normalized spacial score (nSPS) is 23.1. The Morgan fingerprint density at radius 1 is 1.19 bits per heavy atom. The lowest BCUT2D eigenvalue weighted by Crippen LogP contribution is -2.34. The second-order valence-corrected chi connectivity index (χ2v) is 7.37. The van der Waals surface area contributed by atoms with E-state index < -0.39 is 17.7 Å². The number of carbonyl (C=O) groups is 2. The standard InChI is InChI=1S/C20H25F3N2O2/c21-20(22,23)17-8-4-3-7-14(17)15-13-16(15)19(27)24-10-6-12-25-11-5-1-2-9-18(25)26/h3-4,7-8,15-16H,1-2,5-6,9-13H2,(H,24,27). The van der Waals surface area contributed by atoms with Gasteiger partial charge in [-0.05, 0) is 43.2 Å². The first-order chi connectivity index (χ1) is 12.9. The fourth-order valence-electron chi connectivity index (χ4n) is 3.79. The van der Waals surface area contributed by atoms with Crippen LogP contribution in [0.2, 0.25) is 0 Å². The summed E-state index contributed by atoms with van der Waals surface area (Å²) in [6.07, 6.45) is 0.322. The summed E-state index contributed by atoms with van der Waals surface area (Å²) >= 11 is 0. The number of hydrogen-bond donors (Lipinski definition) is 1. The maximum Gasteiger partial charge on any atom is 0.416 e. The van der Waals surface area contributed by atoms with Crippen molar-refractivity contribution in [3.8, 4) is 0 Å². The maximum atomic E-state index is 13.1. The summed E-state index contributed by atoms with van der Waals surface area (Å²) in [6.45, 7) is 1.82. The van der Waals surface area contributed by atoms with Gasteiger partial charge in [0.25, 0.3) is 0 Å². The van der Waals surface area contributed by atoms with E-state index in [1.54, 1.807) is 6.07 Å². The van der Waals surface area contributed by atoms with Crippen LogP contribution < -0.4 is 5.32 Å². The number of carbonyl (C=O) groups excluding carboxylic acids is 2. The van der Waals surface area contributed by atoms with Gasteiger partial charge in [0.15, 0.2) is 0 Å². The van der Waals surface area contributed by atoms with Crippen LogP contribution in [0.4, 0.5) is 13.2 Å². The van der Waals surface area contributed by atoms with Crippen molar-refractivity contribution < 1.29 is 22.8 Å². The molecule has 0 bridgehead atoms. The molecule has 0 aromatic heterocycles. The van der Waals surface area contributed by atoms with E-state index in [0.717, 1.165) is 31.9 Å². The molecule has 1 aliphatic carbocycles. The second kappa shape index (κ2) is 8.31. The third-order valence-corrected chi connectivity index (χ3v) is 5.37. The molecule has 1 aromatic carbocycles. The summed E-state index contributed by atoms with van der Waals surface area (Å²) in [4.78, 5) is 26.0. The Balaban J connectivity index is 1.45. The van der Waals surface area contributed by atoms with Crippen LogP contribution in [0.25, 0.3) is 0 Å². The molecule has 1 aromatic rings. The van der Waals surface area contributed by atoms with Crippen molar-refractivity contribution in [3.63, 3.8) is 0 Å². The molecule has 1 heterocycles. The predicted molar refractivity (Wildman–Crippen MR) is 95.0 cm³/mol. The van der Waals surface area contributed by atoms with Crippen LogP contribution in [0.3, 0.4) is 0 Å². The van der Waals surface area contributed by atoms with Crippen LogP contribution in [0.15, 0.2) is 24.3 Å². The first-order valence-corrected chi connectivity index (χ1v) is 9.59. The number of benzene rings is 1. The topological polar surface area (TPSA) is 49.4 Å². The van der Waals surface area contributed by atoms with Gasteiger partial charge in [-0.3, -0.25) is 9.59 Å². The van der Waals surface area contributed by atoms with Gasteiger partial charge >= 0.3 is 6.18 Å². The number of halogens is 3. The molecule has 2 aliphatic rings. The van der Waals surface area contributed by atoms with Gasteiger partial charge in [0.05, 0.1) is 5.56 Å². The summed E-state index contributed by atoms with van der Waals surface area (Å²) in [7, 11) is 0. The lowest BCUT2D eigenvalue weighted by Gasteiger charge is -2.20. The summed E-state index contributed by atoms with van der Waals surface area (Å²) in [6, 6.07) is 5.48. The van der Waals surface area contributed by atoms with Crippen LogP contribution in [0, 0.1) is 5.92 Å². The van der Waals surface area contributed by atoms with Crippen LogP contribution in [-0.2, 0) is 15.8 Å². The number of hydrogen-bond acceptors (Lipinski definition) is 2. The van der Waals surface area contributed by atoms with E-state index in [-0.39, 0.29) is 23.3 Å². The van der Waals surface area contributed by atoms with E-state index in [9.17, 15) is 22.8 Å². The Morgan fingerprint density at radius 3 is 2.74 bits per heavy atom. The van der Waals surface area contributed by atoms with Crippen molar-refractivity contribution in [1.29, 1.82) is 0 Å². The zero-order valence-electron chi connectivity index (χ0n) is 15.2. The van der Waals surface area contributed by atoms with Crippen molar-refractivity contribution in [2.45, 2.75) is 50.6 Å². The minimum Gasteiger partial charge on any atom is -0.356 e. The summed E-state index contributed by atoms with van der Waals surface area (Å²) < 4.78 is 39.4. The number of amides is 2. The molecular formula is C20H25F3N2O2. The predicted octanol–water partition coefficient (Wildman–Crippen LogP) is 3.72. The van der Waals surface area contributed by atoms with Gasteiger partial charge in [-0.1, -0.05) is 24.6 Å². The molecule has 27 heavy (non-hydrogen) atoms. The monoisotopic (exact) mass is 382 g/mol. The van der Waals surface area contributed by atoms with Crippen molar-refractivity contribution in [2.24, 2.45) is 5.92 Å². The Labute approximate surface area is 157 Å². The quantitative estimate of drug-likeness (QED) is 0.763. The highest BCUT2D eigenvalue weighted by Crippen LogP contribution is 2.50. The molecule has 148 valence electrons. The van der Waals surface area contributed by atoms with Gasteiger partial charge < -0.3 is 10.2 Å². The molecule has 1 N–H and O–H groups in total. The lowest BCUT2D eigenvalue weighted by atomic mass is 10.0. The fraction of sp³-hybridized carbons (Fsp3) is 0.600. The number of nitrogens with one attached hydrogen (secondary N) is 1. The Morgan fingerprint density at radius 2 is 1.96 bits per heavy atom. The zero-order chi connectivity index (χ0) is 19.4. The molecular weight excluding hydrogens is 357 g/mol. The molecule has 2 fully saturated rings. The first-order valence-electron chi connectivity index (χ1n) is 9.59. The lowest BCUT2D eigenvalue weighted by molar-refractivity contribution is -0.138. The smallest absolute Gasteiger partial charge is 0.356 e. The van der Waals surface area contributed by atoms with Gasteiger partial charge in [0, 0.05) is 32.0 Å². The maximum absolute atomic E-state index is 13.1. The van der Waals surface area contributed by atoms with E-state index in [1.165, 1.54) is 12.1 Å². The highest BCUT2D eigenvalue weighted by molar-refractivity contribution is 5.83. The largest absolute Gasteiger partial charge is 0.416 e. The molecule has 2 unspecified atom stereocenters. The molecule has 0 spiro atoms. The molecule has 2 atom stereocenters. The molecule has 1 saturated heterocycles. The minimum atomic E-state index is -4.40. The zero-order valence-corrected chi connectivity index (χ0v) is 15.2. The second-order valence-electron chi connectivity index (χ2n) is 7.37. The van der Waals surface area contributed by atoms with Gasteiger partial charge in [-0.2, -0.15) is 13.2 Å². The van der Waals surface area contributed by atoms with Gasteiger partial charge in [0.1, 0.15) is 0 Å². The SMILES string of the molecule is O=C(NCCCN1CCCCCC1=O)C1CC1c1ccccc1C(F)(F)F. The van der Waals surface area contributed by atoms with Gasteiger partial charge in [-0.15, -0.1) is 0 Å². The third-order valence-electron chi connectivity index (χ3n) is 5.37. The van der Waals surface area contributed by atoms with Crippen molar-refractivity contribution in [2.75, 3.05) is 19.6 Å². The Kier molecular flexibility index (Phi) is 6.07. The van der Waals surface area contributed by atoms with Crippen molar-refractivity contribution in [1.82, 2.24) is 10.2 Å². The molecule has 7 heteroatoms. The molecule has 4 nitrogen and oxygen atoms in total. The van der Waals surface area contributed by atoms with E-state index >= 15 is 0 Å². The number of rotatable bonds is 6. The summed E-state index contributed by atoms with van der Waals surface area (Å²) in [5.74, 6) is -0.785. The van der Waals surface area contributed by atoms with Crippen molar-refractivity contribution >= 4 is 11.8 Å². The van der Waals surface area contributed by atoms with Gasteiger partial charge in [0.2, 0.25) is 11.8 Å². The summed E-state index contributed by atoms with van der Waals surface area (Å²) in [5, 5.41) is 2.81. The highest BCUT2D eigenvalue weighted by Gasteiger charge is 2.47. The van der Waals surface area contributed by atoms with Crippen LogP contribution in [0.1, 0.15) is 55.6 Å². The van der Waals surface area contributed by atoms with Crippen LogP contribution >= 0.6 is 0 Å². The first kappa shape index (κ1) is 19.7. The number of alkyl halides is 3. The molecule has 2 amide bonds. The number of nitrogens with zero attached hydrogens (tertiary/aromatic N) is 1. The molecule has 1 aliphatic heterocycles. The fourth-order valence-corrected chi connectivity index (χ4v) is 3.79. The third kappa shape index (κ3) is 5.02. The van der Waals surface area contributed by atoms with Gasteiger partial charge in [-0.25, -0.2) is 0 Å². The average Bonchev–Trinajstić information content (AvgIpc) is 3.44. The molecule has 3 rings (SSSR count). The van der Waals surface area contributed by atoms with Crippen LogP contribution in [-0.4, -0.2) is 36.3 Å². The van der Waals surface area contributed by atoms with E-state index in [4.69, 9.17) is 0 Å². The van der Waals surface area contributed by atoms with E-state index in [2.05, 4.69) is 5.32 Å². The Bertz CT molecular complexity index is 690.